The monoisotopic (exact) mass is 216 g/mol. The topological polar surface area (TPSA) is 38.9 Å². The SMILES string of the molecule is CC.CC.Cc1nc(N)cc(Cl)c1C. The second-order valence-corrected chi connectivity index (χ2v) is 2.65. The molecule has 0 amide bonds. The zero-order valence-electron chi connectivity index (χ0n) is 9.98. The zero-order chi connectivity index (χ0) is 11.7. The Bertz CT molecular complexity index is 236. The van der Waals surface area contributed by atoms with Gasteiger partial charge < -0.3 is 5.73 Å². The molecule has 0 bridgehead atoms. The molecule has 14 heavy (non-hydrogen) atoms. The molecule has 1 aromatic heterocycles. The number of hydrogen-bond donors (Lipinski definition) is 1. The van der Waals surface area contributed by atoms with Gasteiger partial charge in [-0.05, 0) is 25.5 Å². The second-order valence-electron chi connectivity index (χ2n) is 2.24. The van der Waals surface area contributed by atoms with Crippen LogP contribution in [-0.4, -0.2) is 4.98 Å². The summed E-state index contributed by atoms with van der Waals surface area (Å²) in [6.07, 6.45) is 0. The zero-order valence-corrected chi connectivity index (χ0v) is 10.7. The van der Waals surface area contributed by atoms with Crippen molar-refractivity contribution >= 4 is 17.4 Å². The Hall–Kier alpha value is -0.760. The Balaban J connectivity index is 0. The fourth-order valence-electron chi connectivity index (χ4n) is 0.721. The summed E-state index contributed by atoms with van der Waals surface area (Å²) in [6.45, 7) is 11.8. The molecule has 0 spiro atoms. The van der Waals surface area contributed by atoms with Crippen molar-refractivity contribution in [2.45, 2.75) is 41.5 Å². The minimum Gasteiger partial charge on any atom is -0.384 e. The Morgan fingerprint density at radius 2 is 1.57 bits per heavy atom. The second kappa shape index (κ2) is 8.82. The molecule has 1 heterocycles. The number of nitrogens with zero attached hydrogens (tertiary/aromatic N) is 1. The first-order valence-corrected chi connectivity index (χ1v) is 5.38. The van der Waals surface area contributed by atoms with E-state index in [1.54, 1.807) is 6.07 Å². The summed E-state index contributed by atoms with van der Waals surface area (Å²) in [5.74, 6) is 0.480. The van der Waals surface area contributed by atoms with E-state index in [2.05, 4.69) is 4.98 Å². The summed E-state index contributed by atoms with van der Waals surface area (Å²) in [7, 11) is 0. The predicted octanol–water partition coefficient (Wildman–Crippen LogP) is 3.99. The Labute approximate surface area is 92.5 Å². The maximum atomic E-state index is 5.80. The fourth-order valence-corrected chi connectivity index (χ4v) is 0.969. The number of anilines is 1. The van der Waals surface area contributed by atoms with E-state index in [-0.39, 0.29) is 0 Å². The molecule has 0 radical (unpaired) electrons. The third kappa shape index (κ3) is 5.07. The lowest BCUT2D eigenvalue weighted by Gasteiger charge is -2.01. The highest BCUT2D eigenvalue weighted by Crippen LogP contribution is 2.18. The number of hydrogen-bond acceptors (Lipinski definition) is 2. The van der Waals surface area contributed by atoms with Gasteiger partial charge in [-0.2, -0.15) is 0 Å². The van der Waals surface area contributed by atoms with Crippen LogP contribution in [0, 0.1) is 13.8 Å². The first-order valence-electron chi connectivity index (χ1n) is 5.00. The number of aromatic nitrogens is 1. The first-order chi connectivity index (χ1) is 6.61. The first kappa shape index (κ1) is 15.7. The highest BCUT2D eigenvalue weighted by Gasteiger charge is 1.99. The molecule has 0 atom stereocenters. The van der Waals surface area contributed by atoms with Gasteiger partial charge in [-0.15, -0.1) is 0 Å². The minimum atomic E-state index is 0.480. The molecule has 3 heteroatoms. The molecule has 0 aliphatic carbocycles. The van der Waals surface area contributed by atoms with Gasteiger partial charge in [0.15, 0.2) is 0 Å². The highest BCUT2D eigenvalue weighted by atomic mass is 35.5. The molecule has 2 N–H and O–H groups in total. The maximum Gasteiger partial charge on any atom is 0.125 e. The van der Waals surface area contributed by atoms with Crippen LogP contribution in [0.3, 0.4) is 0 Å². The molecule has 1 rings (SSSR count). The molecule has 0 unspecified atom stereocenters. The van der Waals surface area contributed by atoms with Gasteiger partial charge in [0.05, 0.1) is 0 Å². The van der Waals surface area contributed by atoms with Gasteiger partial charge in [-0.3, -0.25) is 0 Å². The van der Waals surface area contributed by atoms with Crippen LogP contribution in [0.15, 0.2) is 6.07 Å². The molecular formula is C11H21ClN2. The van der Waals surface area contributed by atoms with Crippen LogP contribution < -0.4 is 5.73 Å². The van der Waals surface area contributed by atoms with Crippen molar-refractivity contribution in [3.63, 3.8) is 0 Å². The van der Waals surface area contributed by atoms with Gasteiger partial charge >= 0.3 is 0 Å². The van der Waals surface area contributed by atoms with Gasteiger partial charge in [0, 0.05) is 10.7 Å². The number of nitrogens with two attached hydrogens (primary N) is 1. The van der Waals surface area contributed by atoms with Crippen LogP contribution in [0.4, 0.5) is 5.82 Å². The maximum absolute atomic E-state index is 5.80. The summed E-state index contributed by atoms with van der Waals surface area (Å²) in [5.41, 5.74) is 7.32. The summed E-state index contributed by atoms with van der Waals surface area (Å²) < 4.78 is 0. The Morgan fingerprint density at radius 1 is 1.14 bits per heavy atom. The van der Waals surface area contributed by atoms with Gasteiger partial charge in [0.25, 0.3) is 0 Å². The molecular weight excluding hydrogens is 196 g/mol. The number of rotatable bonds is 0. The fraction of sp³-hybridized carbons (Fsp3) is 0.545. The van der Waals surface area contributed by atoms with E-state index in [0.717, 1.165) is 11.3 Å². The average molecular weight is 217 g/mol. The van der Waals surface area contributed by atoms with E-state index in [0.29, 0.717) is 10.8 Å². The van der Waals surface area contributed by atoms with Crippen molar-refractivity contribution in [2.24, 2.45) is 0 Å². The van der Waals surface area contributed by atoms with Crippen LogP contribution >= 0.6 is 11.6 Å². The molecule has 1 aromatic rings. The number of aryl methyl sites for hydroxylation is 1. The molecule has 2 nitrogen and oxygen atoms in total. The summed E-state index contributed by atoms with van der Waals surface area (Å²) >= 11 is 5.80. The van der Waals surface area contributed by atoms with Crippen molar-refractivity contribution < 1.29 is 0 Å². The third-order valence-electron chi connectivity index (χ3n) is 1.47. The number of halogens is 1. The van der Waals surface area contributed by atoms with E-state index in [4.69, 9.17) is 17.3 Å². The third-order valence-corrected chi connectivity index (χ3v) is 1.86. The van der Waals surface area contributed by atoms with E-state index in [9.17, 15) is 0 Å². The quantitative estimate of drug-likeness (QED) is 0.713. The summed E-state index contributed by atoms with van der Waals surface area (Å²) in [6, 6.07) is 1.66. The lowest BCUT2D eigenvalue weighted by atomic mass is 10.2. The average Bonchev–Trinajstić information content (AvgIpc) is 2.20. The van der Waals surface area contributed by atoms with Crippen molar-refractivity contribution in [3.8, 4) is 0 Å². The summed E-state index contributed by atoms with van der Waals surface area (Å²) in [4.78, 5) is 4.03. The highest BCUT2D eigenvalue weighted by molar-refractivity contribution is 6.31. The lowest BCUT2D eigenvalue weighted by molar-refractivity contribution is 1.16. The van der Waals surface area contributed by atoms with Crippen LogP contribution in [0.5, 0.6) is 0 Å². The van der Waals surface area contributed by atoms with Gasteiger partial charge in [-0.25, -0.2) is 4.98 Å². The van der Waals surface area contributed by atoms with E-state index >= 15 is 0 Å². The standard InChI is InChI=1S/C7H9ClN2.2C2H6/c1-4-5(2)10-7(9)3-6(4)8;2*1-2/h3H,1-2H3,(H2,9,10);2*1-2H3. The molecule has 0 aliphatic heterocycles. The van der Waals surface area contributed by atoms with Crippen LogP contribution in [0.1, 0.15) is 39.0 Å². The largest absolute Gasteiger partial charge is 0.384 e. The minimum absolute atomic E-state index is 0.480. The number of nitrogen functional groups attached to an aromatic ring is 1. The molecule has 0 saturated heterocycles. The van der Waals surface area contributed by atoms with Gasteiger partial charge in [0.1, 0.15) is 5.82 Å². The van der Waals surface area contributed by atoms with Crippen molar-refractivity contribution in [3.05, 3.63) is 22.3 Å². The Morgan fingerprint density at radius 3 is 1.93 bits per heavy atom. The van der Waals surface area contributed by atoms with Gasteiger partial charge in [0.2, 0.25) is 0 Å². The van der Waals surface area contributed by atoms with Crippen molar-refractivity contribution in [1.29, 1.82) is 0 Å². The summed E-state index contributed by atoms with van der Waals surface area (Å²) in [5, 5.41) is 0.685. The lowest BCUT2D eigenvalue weighted by Crippen LogP contribution is -1.94. The van der Waals surface area contributed by atoms with E-state index in [1.165, 1.54) is 0 Å². The van der Waals surface area contributed by atoms with E-state index in [1.807, 2.05) is 41.5 Å². The molecule has 0 fully saturated rings. The van der Waals surface area contributed by atoms with Crippen LogP contribution in [-0.2, 0) is 0 Å². The smallest absolute Gasteiger partial charge is 0.125 e. The molecule has 0 aliphatic rings. The normalized spacial score (nSPS) is 7.93. The van der Waals surface area contributed by atoms with Crippen molar-refractivity contribution in [1.82, 2.24) is 4.98 Å². The predicted molar refractivity (Wildman–Crippen MR) is 65.8 cm³/mol. The van der Waals surface area contributed by atoms with E-state index < -0.39 is 0 Å². The van der Waals surface area contributed by atoms with Crippen molar-refractivity contribution in [2.75, 3.05) is 5.73 Å². The van der Waals surface area contributed by atoms with Gasteiger partial charge in [-0.1, -0.05) is 39.3 Å². The Kier molecular flexibility index (Phi) is 9.89. The van der Waals surface area contributed by atoms with Crippen LogP contribution in [0.25, 0.3) is 0 Å². The molecule has 82 valence electrons. The van der Waals surface area contributed by atoms with Crippen LogP contribution in [0.2, 0.25) is 5.02 Å². The number of pyridine rings is 1. The molecule has 0 aromatic carbocycles. The molecule has 0 saturated carbocycles.